The van der Waals surface area contributed by atoms with Crippen molar-refractivity contribution in [2.45, 2.75) is 18.1 Å². The van der Waals surface area contributed by atoms with Crippen molar-refractivity contribution < 1.29 is 28.1 Å². The minimum Gasteiger partial charge on any atom is -0.454 e. The van der Waals surface area contributed by atoms with Crippen LogP contribution in [0, 0.1) is 5.41 Å². The van der Waals surface area contributed by atoms with Crippen LogP contribution in [0.15, 0.2) is 18.2 Å². The van der Waals surface area contributed by atoms with Gasteiger partial charge in [0, 0.05) is 17.1 Å². The van der Waals surface area contributed by atoms with Crippen LogP contribution < -0.4 is 9.47 Å². The van der Waals surface area contributed by atoms with E-state index in [2.05, 4.69) is 0 Å². The number of hydrogen-bond acceptors (Lipinski definition) is 6. The molecule has 21 heavy (non-hydrogen) atoms. The molecule has 2 unspecified atom stereocenters. The highest BCUT2D eigenvalue weighted by atomic mass is 32.2. The molecule has 1 fully saturated rings. The number of ether oxygens (including phenoxy) is 2. The van der Waals surface area contributed by atoms with Crippen LogP contribution >= 0.6 is 0 Å². The second-order valence-electron chi connectivity index (χ2n) is 5.51. The van der Waals surface area contributed by atoms with E-state index in [0.717, 1.165) is 5.56 Å². The predicted octanol–water partition coefficient (Wildman–Crippen LogP) is 0.287. The minimum atomic E-state index is -3.36. The van der Waals surface area contributed by atoms with Crippen molar-refractivity contribution in [2.24, 2.45) is 5.41 Å². The molecule has 1 aromatic carbocycles. The van der Waals surface area contributed by atoms with Gasteiger partial charge in [-0.3, -0.25) is 0 Å². The molecular weight excluding hydrogens is 296 g/mol. The first-order chi connectivity index (χ1) is 10.00. The number of hydrogen-bond donors (Lipinski definition) is 2. The number of benzene rings is 1. The van der Waals surface area contributed by atoms with Gasteiger partial charge < -0.3 is 19.7 Å². The zero-order chi connectivity index (χ0) is 15.3. The Morgan fingerprint density at radius 3 is 2.52 bits per heavy atom. The lowest BCUT2D eigenvalue weighted by molar-refractivity contribution is 0.130. The Morgan fingerprint density at radius 1 is 1.24 bits per heavy atom. The minimum absolute atomic E-state index is 0.0134. The lowest BCUT2D eigenvalue weighted by Crippen LogP contribution is -2.23. The average Bonchev–Trinajstić information content (AvgIpc) is 2.98. The number of sulfone groups is 1. The third-order valence-corrected chi connectivity index (χ3v) is 6.83. The van der Waals surface area contributed by atoms with Gasteiger partial charge in [-0.2, -0.15) is 0 Å². The fraction of sp³-hybridized carbons (Fsp3) is 0.571. The fourth-order valence-electron chi connectivity index (χ4n) is 3.24. The first kappa shape index (κ1) is 14.6. The Labute approximate surface area is 123 Å². The van der Waals surface area contributed by atoms with Gasteiger partial charge in [-0.25, -0.2) is 8.42 Å². The Balaban J connectivity index is 2.01. The molecule has 1 saturated carbocycles. The Bertz CT molecular complexity index is 649. The predicted molar refractivity (Wildman–Crippen MR) is 75.2 cm³/mol. The highest BCUT2D eigenvalue weighted by Crippen LogP contribution is 2.63. The highest BCUT2D eigenvalue weighted by molar-refractivity contribution is 7.92. The van der Waals surface area contributed by atoms with E-state index in [-0.39, 0.29) is 25.8 Å². The molecule has 0 amide bonds. The summed E-state index contributed by atoms with van der Waals surface area (Å²) in [5.74, 6) is 0.747. The van der Waals surface area contributed by atoms with E-state index in [4.69, 9.17) is 9.47 Å². The second kappa shape index (κ2) is 4.86. The molecule has 1 aliphatic carbocycles. The van der Waals surface area contributed by atoms with Gasteiger partial charge >= 0.3 is 0 Å². The zero-order valence-electron chi connectivity index (χ0n) is 11.7. The van der Waals surface area contributed by atoms with Crippen LogP contribution in [0.3, 0.4) is 0 Å². The number of fused-ring (bicyclic) bond motifs is 1. The maximum Gasteiger partial charge on any atom is 0.231 e. The summed E-state index contributed by atoms with van der Waals surface area (Å²) < 4.78 is 35.0. The topological polar surface area (TPSA) is 93.1 Å². The van der Waals surface area contributed by atoms with Gasteiger partial charge in [0.05, 0.1) is 18.5 Å². The molecule has 0 bridgehead atoms. The Hall–Kier alpha value is -1.31. The second-order valence-corrected chi connectivity index (χ2v) is 7.92. The van der Waals surface area contributed by atoms with E-state index in [9.17, 15) is 18.6 Å². The van der Waals surface area contributed by atoms with Crippen LogP contribution in [0.2, 0.25) is 0 Å². The third-order valence-electron chi connectivity index (χ3n) is 4.51. The summed E-state index contributed by atoms with van der Waals surface area (Å²) >= 11 is 0. The molecule has 2 N–H and O–H groups in total. The van der Waals surface area contributed by atoms with Crippen LogP contribution in [0.1, 0.15) is 18.4 Å². The van der Waals surface area contributed by atoms with E-state index in [1.165, 1.54) is 0 Å². The average molecular weight is 314 g/mol. The van der Waals surface area contributed by atoms with Crippen molar-refractivity contribution in [3.63, 3.8) is 0 Å². The van der Waals surface area contributed by atoms with Gasteiger partial charge in [0.25, 0.3) is 0 Å². The largest absolute Gasteiger partial charge is 0.454 e. The van der Waals surface area contributed by atoms with Gasteiger partial charge in [0.15, 0.2) is 21.3 Å². The summed E-state index contributed by atoms with van der Waals surface area (Å²) in [5, 5.41) is 18.5. The van der Waals surface area contributed by atoms with Gasteiger partial charge in [0.1, 0.15) is 0 Å². The van der Waals surface area contributed by atoms with Crippen LogP contribution in [0.4, 0.5) is 0 Å². The first-order valence-electron chi connectivity index (χ1n) is 6.83. The molecule has 3 rings (SSSR count). The van der Waals surface area contributed by atoms with Crippen LogP contribution in [-0.4, -0.2) is 49.6 Å². The molecule has 1 aromatic rings. The molecular formula is C14H18O6S. The summed E-state index contributed by atoms with van der Waals surface area (Å²) in [4.78, 5) is 0. The lowest BCUT2D eigenvalue weighted by atomic mass is 10.0. The van der Waals surface area contributed by atoms with E-state index in [1.807, 2.05) is 0 Å². The van der Waals surface area contributed by atoms with Crippen molar-refractivity contribution in [1.29, 1.82) is 0 Å². The van der Waals surface area contributed by atoms with Crippen LogP contribution in [0.25, 0.3) is 0 Å². The summed E-state index contributed by atoms with van der Waals surface area (Å²) in [7, 11) is -3.36. The van der Waals surface area contributed by atoms with Crippen molar-refractivity contribution in [1.82, 2.24) is 0 Å². The zero-order valence-corrected chi connectivity index (χ0v) is 12.5. The molecule has 2 atom stereocenters. The molecule has 7 heteroatoms. The lowest BCUT2D eigenvalue weighted by Gasteiger charge is -2.11. The van der Waals surface area contributed by atoms with E-state index >= 15 is 0 Å². The number of aliphatic hydroxyl groups is 2. The van der Waals surface area contributed by atoms with Gasteiger partial charge in [0.2, 0.25) is 6.79 Å². The maximum absolute atomic E-state index is 12.2. The molecule has 2 aliphatic rings. The summed E-state index contributed by atoms with van der Waals surface area (Å²) in [5.41, 5.74) is -0.271. The van der Waals surface area contributed by atoms with Crippen LogP contribution in [-0.2, 0) is 9.84 Å². The summed E-state index contributed by atoms with van der Waals surface area (Å²) in [6.45, 7) is 0.980. The molecule has 6 nitrogen and oxygen atoms in total. The van der Waals surface area contributed by atoms with Crippen molar-refractivity contribution in [2.75, 3.05) is 25.8 Å². The molecule has 0 aromatic heterocycles. The maximum atomic E-state index is 12.2. The summed E-state index contributed by atoms with van der Waals surface area (Å²) in [6.07, 6.45) is 0. The standard InChI is InChI=1S/C14H18O6S/c1-2-21(17,18)13-12(14(13,6-15)7-16)9-3-4-10-11(5-9)20-8-19-10/h3-5,12-13,15-16H,2,6-8H2,1H3. The third kappa shape index (κ3) is 2.03. The van der Waals surface area contributed by atoms with Gasteiger partial charge in [-0.1, -0.05) is 13.0 Å². The van der Waals surface area contributed by atoms with E-state index < -0.39 is 26.4 Å². The highest BCUT2D eigenvalue weighted by Gasteiger charge is 2.69. The molecule has 0 saturated heterocycles. The van der Waals surface area contributed by atoms with E-state index in [1.54, 1.807) is 25.1 Å². The van der Waals surface area contributed by atoms with Crippen molar-refractivity contribution in [3.05, 3.63) is 23.8 Å². The molecule has 0 spiro atoms. The van der Waals surface area contributed by atoms with Crippen LogP contribution in [0.5, 0.6) is 11.5 Å². The Morgan fingerprint density at radius 2 is 1.90 bits per heavy atom. The van der Waals surface area contributed by atoms with E-state index in [0.29, 0.717) is 11.5 Å². The Kier molecular flexibility index (Phi) is 3.38. The van der Waals surface area contributed by atoms with Gasteiger partial charge in [-0.05, 0) is 17.7 Å². The van der Waals surface area contributed by atoms with Crippen molar-refractivity contribution in [3.8, 4) is 11.5 Å². The molecule has 0 radical (unpaired) electrons. The molecule has 116 valence electrons. The quantitative estimate of drug-likeness (QED) is 0.811. The summed E-state index contributed by atoms with van der Waals surface area (Å²) in [6, 6.07) is 5.23. The van der Waals surface area contributed by atoms with Gasteiger partial charge in [-0.15, -0.1) is 0 Å². The van der Waals surface area contributed by atoms with Crippen molar-refractivity contribution >= 4 is 9.84 Å². The smallest absolute Gasteiger partial charge is 0.231 e. The fourth-order valence-corrected chi connectivity index (χ4v) is 5.37. The number of rotatable bonds is 5. The monoisotopic (exact) mass is 314 g/mol. The first-order valence-corrected chi connectivity index (χ1v) is 8.54. The normalized spacial score (nSPS) is 25.9. The molecule has 1 heterocycles. The SMILES string of the molecule is CCS(=O)(=O)C1C(c2ccc3c(c2)OCO3)C1(CO)CO. The molecule has 1 aliphatic heterocycles. The number of aliphatic hydroxyl groups excluding tert-OH is 2.